The predicted molar refractivity (Wildman–Crippen MR) is 263 cm³/mol. The summed E-state index contributed by atoms with van der Waals surface area (Å²) < 4.78 is 11.2. The van der Waals surface area contributed by atoms with Crippen molar-refractivity contribution in [2.75, 3.05) is 13.2 Å². The first-order valence-corrected chi connectivity index (χ1v) is 26.7. The highest BCUT2D eigenvalue weighted by Crippen LogP contribution is 2.23. The number of hydrogen-bond acceptors (Lipinski definition) is 8. The Hall–Kier alpha value is -1.59. The third kappa shape index (κ3) is 34.4. The van der Waals surface area contributed by atoms with Crippen LogP contribution in [0.25, 0.3) is 0 Å². The van der Waals surface area contributed by atoms with Crippen LogP contribution in [0.4, 0.5) is 0 Å². The van der Waals surface area contributed by atoms with Gasteiger partial charge >= 0.3 is 0 Å². The second-order valence-corrected chi connectivity index (χ2v) is 18.7. The molecular weight excluding hydrogens is 791 g/mol. The molecule has 1 saturated heterocycles. The van der Waals surface area contributed by atoms with Crippen molar-refractivity contribution in [1.29, 1.82) is 0 Å². The van der Waals surface area contributed by atoms with Gasteiger partial charge < -0.3 is 40.3 Å². The van der Waals surface area contributed by atoms with E-state index in [1.165, 1.54) is 180 Å². The van der Waals surface area contributed by atoms with Gasteiger partial charge in [0.2, 0.25) is 5.91 Å². The van der Waals surface area contributed by atoms with Crippen LogP contribution in [0.3, 0.4) is 0 Å². The molecule has 1 aliphatic heterocycles. The van der Waals surface area contributed by atoms with Crippen molar-refractivity contribution in [2.24, 2.45) is 0 Å². The largest absolute Gasteiger partial charge is 0.394 e. The molecule has 7 atom stereocenters. The minimum atomic E-state index is -1.57. The molecular formula is C54H101NO8. The first kappa shape index (κ1) is 59.4. The maximum atomic E-state index is 13.0. The summed E-state index contributed by atoms with van der Waals surface area (Å²) in [7, 11) is 0. The van der Waals surface area contributed by atoms with Crippen molar-refractivity contribution in [3.63, 3.8) is 0 Å². The normalized spacial score (nSPS) is 20.4. The van der Waals surface area contributed by atoms with E-state index in [9.17, 15) is 30.3 Å². The molecule has 63 heavy (non-hydrogen) atoms. The van der Waals surface area contributed by atoms with E-state index in [4.69, 9.17) is 9.47 Å². The first-order valence-electron chi connectivity index (χ1n) is 26.7. The lowest BCUT2D eigenvalue weighted by molar-refractivity contribution is -0.302. The van der Waals surface area contributed by atoms with Gasteiger partial charge in [0.1, 0.15) is 24.4 Å². The molecule has 1 rings (SSSR count). The molecule has 370 valence electrons. The average molecular weight is 892 g/mol. The smallest absolute Gasteiger partial charge is 0.220 e. The van der Waals surface area contributed by atoms with Gasteiger partial charge in [-0.15, -0.1) is 0 Å². The van der Waals surface area contributed by atoms with Gasteiger partial charge in [0.25, 0.3) is 0 Å². The van der Waals surface area contributed by atoms with Crippen LogP contribution >= 0.6 is 0 Å². The monoisotopic (exact) mass is 892 g/mol. The molecule has 0 aromatic carbocycles. The minimum absolute atomic E-state index is 0.187. The number of nitrogens with one attached hydrogen (secondary N) is 1. The summed E-state index contributed by atoms with van der Waals surface area (Å²) >= 11 is 0. The summed E-state index contributed by atoms with van der Waals surface area (Å²) in [6.07, 6.45) is 49.1. The van der Waals surface area contributed by atoms with Gasteiger partial charge in [-0.2, -0.15) is 0 Å². The fourth-order valence-corrected chi connectivity index (χ4v) is 8.42. The van der Waals surface area contributed by atoms with Gasteiger partial charge in [-0.05, 0) is 44.9 Å². The highest BCUT2D eigenvalue weighted by atomic mass is 16.7. The fraction of sp³-hybridized carbons (Fsp3) is 0.870. The van der Waals surface area contributed by atoms with Crippen molar-refractivity contribution >= 4 is 5.91 Å². The summed E-state index contributed by atoms with van der Waals surface area (Å²) in [5, 5.41) is 54.4. The van der Waals surface area contributed by atoms with Gasteiger partial charge in [0, 0.05) is 6.42 Å². The van der Waals surface area contributed by atoms with Gasteiger partial charge in [0.15, 0.2) is 6.29 Å². The van der Waals surface area contributed by atoms with Gasteiger partial charge in [-0.3, -0.25) is 4.79 Å². The van der Waals surface area contributed by atoms with E-state index < -0.39 is 49.5 Å². The molecule has 0 saturated carbocycles. The summed E-state index contributed by atoms with van der Waals surface area (Å²) in [5.74, 6) is -0.187. The maximum absolute atomic E-state index is 13.0. The van der Waals surface area contributed by atoms with Crippen molar-refractivity contribution in [3.05, 3.63) is 36.5 Å². The number of carbonyl (C=O) groups is 1. The topological polar surface area (TPSA) is 149 Å². The van der Waals surface area contributed by atoms with E-state index in [1.807, 2.05) is 6.08 Å². The number of aliphatic hydroxyl groups excluding tert-OH is 5. The Bertz CT molecular complexity index is 1080. The van der Waals surface area contributed by atoms with Crippen LogP contribution in [0, 0.1) is 0 Å². The number of amides is 1. The highest BCUT2D eigenvalue weighted by molar-refractivity contribution is 5.76. The first-order chi connectivity index (χ1) is 30.8. The number of allylic oxidation sites excluding steroid dienone is 5. The van der Waals surface area contributed by atoms with Crippen molar-refractivity contribution in [2.45, 2.75) is 288 Å². The molecule has 9 nitrogen and oxygen atoms in total. The summed E-state index contributed by atoms with van der Waals surface area (Å²) in [4.78, 5) is 13.0. The van der Waals surface area contributed by atoms with Crippen LogP contribution in [0.1, 0.15) is 245 Å². The number of ether oxygens (including phenoxy) is 2. The standard InChI is InChI=1S/C54H101NO8/c1-3-5-7-9-11-13-15-17-19-21-23-24-26-27-29-31-33-35-37-39-41-43-48(57)47(46-62-54-53(61)52(60)51(59)49(45-56)63-54)55-50(58)44-42-40-38-36-34-32-30-28-25-22-20-18-16-14-12-10-8-6-4-2/h26-27,33,35,41,43,47-49,51-54,56-57,59-61H,3-25,28-32,34,36-40,42,44-46H2,1-2H3,(H,55,58)/b27-26+,35-33+,43-41+. The van der Waals surface area contributed by atoms with Crippen molar-refractivity contribution < 1.29 is 39.8 Å². The minimum Gasteiger partial charge on any atom is -0.394 e. The SMILES string of the molecule is CCCCCCCCCCCCC/C=C/CC/C=C/CC/C=C/C(O)C(COC1OC(CO)C(O)C(O)C1O)NC(=O)CCCCCCCCCCCCCCCCCCCCC. The second-order valence-electron chi connectivity index (χ2n) is 18.7. The quantitative estimate of drug-likeness (QED) is 0.0261. The molecule has 1 fully saturated rings. The number of carbonyl (C=O) groups excluding carboxylic acids is 1. The van der Waals surface area contributed by atoms with E-state index in [0.717, 1.165) is 44.9 Å². The molecule has 1 heterocycles. The van der Waals surface area contributed by atoms with E-state index >= 15 is 0 Å². The highest BCUT2D eigenvalue weighted by Gasteiger charge is 2.44. The van der Waals surface area contributed by atoms with Crippen molar-refractivity contribution in [3.8, 4) is 0 Å². The Morgan fingerprint density at radius 2 is 0.905 bits per heavy atom. The molecule has 0 spiro atoms. The van der Waals surface area contributed by atoms with E-state index in [-0.39, 0.29) is 12.5 Å². The number of hydrogen-bond donors (Lipinski definition) is 6. The molecule has 9 heteroatoms. The van der Waals surface area contributed by atoms with Crippen molar-refractivity contribution in [1.82, 2.24) is 5.32 Å². The third-order valence-electron chi connectivity index (χ3n) is 12.7. The lowest BCUT2D eigenvalue weighted by Gasteiger charge is -2.40. The van der Waals surface area contributed by atoms with Crippen LogP contribution in [-0.4, -0.2) is 87.5 Å². The summed E-state index contributed by atoms with van der Waals surface area (Å²) in [6.45, 7) is 3.78. The molecule has 0 aliphatic carbocycles. The van der Waals surface area contributed by atoms with Gasteiger partial charge in [0.05, 0.1) is 25.4 Å². The zero-order chi connectivity index (χ0) is 45.9. The van der Waals surface area contributed by atoms with Crippen LogP contribution in [0.5, 0.6) is 0 Å². The number of aliphatic hydroxyl groups is 5. The molecule has 0 aromatic rings. The Morgan fingerprint density at radius 3 is 1.33 bits per heavy atom. The van der Waals surface area contributed by atoms with Crippen LogP contribution in [0.2, 0.25) is 0 Å². The van der Waals surface area contributed by atoms with E-state index in [0.29, 0.717) is 6.42 Å². The molecule has 0 aromatic heterocycles. The Morgan fingerprint density at radius 1 is 0.524 bits per heavy atom. The van der Waals surface area contributed by atoms with Gasteiger partial charge in [-0.25, -0.2) is 0 Å². The Balaban J connectivity index is 2.31. The zero-order valence-electron chi connectivity index (χ0n) is 40.8. The molecule has 7 unspecified atom stereocenters. The summed E-state index contributed by atoms with van der Waals surface area (Å²) in [6, 6.07) is -0.825. The molecule has 1 amide bonds. The third-order valence-corrected chi connectivity index (χ3v) is 12.7. The zero-order valence-corrected chi connectivity index (χ0v) is 40.8. The number of unbranched alkanes of at least 4 members (excludes halogenated alkanes) is 31. The molecule has 1 aliphatic rings. The predicted octanol–water partition coefficient (Wildman–Crippen LogP) is 12.4. The van der Waals surface area contributed by atoms with Gasteiger partial charge in [-0.1, -0.05) is 230 Å². The number of rotatable bonds is 45. The summed E-state index contributed by atoms with van der Waals surface area (Å²) in [5.41, 5.74) is 0. The molecule has 6 N–H and O–H groups in total. The fourth-order valence-electron chi connectivity index (χ4n) is 8.42. The van der Waals surface area contributed by atoms with Crippen LogP contribution < -0.4 is 5.32 Å². The Labute approximate surface area is 387 Å². The van der Waals surface area contributed by atoms with Crippen LogP contribution in [0.15, 0.2) is 36.5 Å². The Kier molecular flexibility index (Phi) is 41.7. The average Bonchev–Trinajstić information content (AvgIpc) is 3.28. The maximum Gasteiger partial charge on any atom is 0.220 e. The lowest BCUT2D eigenvalue weighted by Crippen LogP contribution is -2.60. The van der Waals surface area contributed by atoms with E-state index in [2.05, 4.69) is 43.5 Å². The van der Waals surface area contributed by atoms with E-state index in [1.54, 1.807) is 6.08 Å². The molecule has 0 radical (unpaired) electrons. The second kappa shape index (κ2) is 44.3. The lowest BCUT2D eigenvalue weighted by atomic mass is 9.99. The molecule has 0 bridgehead atoms. The van der Waals surface area contributed by atoms with Crippen LogP contribution in [-0.2, 0) is 14.3 Å².